The summed E-state index contributed by atoms with van der Waals surface area (Å²) in [5, 5.41) is 13.7. The molecule has 1 aromatic heterocycles. The van der Waals surface area contributed by atoms with Gasteiger partial charge in [-0.1, -0.05) is 18.2 Å². The fourth-order valence-electron chi connectivity index (χ4n) is 2.57. The summed E-state index contributed by atoms with van der Waals surface area (Å²) in [4.78, 5) is 6.61. The van der Waals surface area contributed by atoms with Crippen molar-refractivity contribution in [2.75, 3.05) is 19.6 Å². The van der Waals surface area contributed by atoms with E-state index in [1.54, 1.807) is 0 Å². The smallest absolute Gasteiger partial charge is 0.111 e. The minimum atomic E-state index is -0.0410. The van der Waals surface area contributed by atoms with E-state index in [2.05, 4.69) is 33.4 Å². The fourth-order valence-corrected chi connectivity index (χ4v) is 2.57. The van der Waals surface area contributed by atoms with Crippen LogP contribution in [-0.2, 0) is 6.54 Å². The average molecular weight is 252 g/mol. The molecule has 1 aliphatic heterocycles. The lowest BCUT2D eigenvalue weighted by Gasteiger charge is -2.32. The van der Waals surface area contributed by atoms with E-state index in [0.717, 1.165) is 31.7 Å². The van der Waals surface area contributed by atoms with E-state index in [9.17, 15) is 5.26 Å². The Morgan fingerprint density at radius 3 is 3.16 bits per heavy atom. The second kappa shape index (κ2) is 5.35. The second-order valence-electron chi connectivity index (χ2n) is 4.81. The van der Waals surface area contributed by atoms with Crippen molar-refractivity contribution < 1.29 is 0 Å². The first kappa shape index (κ1) is 12.1. The molecule has 1 unspecified atom stereocenters. The maximum Gasteiger partial charge on any atom is 0.111 e. The van der Waals surface area contributed by atoms with Gasteiger partial charge < -0.3 is 5.32 Å². The van der Waals surface area contributed by atoms with E-state index in [4.69, 9.17) is 0 Å². The molecule has 1 aliphatic rings. The summed E-state index contributed by atoms with van der Waals surface area (Å²) >= 11 is 0. The van der Waals surface area contributed by atoms with Crippen LogP contribution in [0.25, 0.3) is 10.9 Å². The van der Waals surface area contributed by atoms with Crippen molar-refractivity contribution in [3.05, 3.63) is 42.1 Å². The van der Waals surface area contributed by atoms with Gasteiger partial charge in [0.2, 0.25) is 0 Å². The van der Waals surface area contributed by atoms with Gasteiger partial charge in [-0.15, -0.1) is 0 Å². The molecule has 4 nitrogen and oxygen atoms in total. The third-order valence-electron chi connectivity index (χ3n) is 3.62. The monoisotopic (exact) mass is 252 g/mol. The van der Waals surface area contributed by atoms with Gasteiger partial charge in [-0.05, 0) is 17.7 Å². The normalized spacial score (nSPS) is 20.3. The molecule has 4 heteroatoms. The highest BCUT2D eigenvalue weighted by molar-refractivity contribution is 5.81. The molecule has 19 heavy (non-hydrogen) atoms. The SMILES string of the molecule is N#CC1CNCCN1Cc1ccnc2ccccc12. The van der Waals surface area contributed by atoms with Crippen LogP contribution < -0.4 is 5.32 Å². The molecule has 3 rings (SSSR count). The van der Waals surface area contributed by atoms with Gasteiger partial charge in [-0.2, -0.15) is 5.26 Å². The van der Waals surface area contributed by atoms with Crippen LogP contribution in [0, 0.1) is 11.3 Å². The lowest BCUT2D eigenvalue weighted by atomic mass is 10.1. The predicted octanol–water partition coefficient (Wildman–Crippen LogP) is 1.53. The Bertz CT molecular complexity index is 612. The lowest BCUT2D eigenvalue weighted by Crippen LogP contribution is -2.49. The van der Waals surface area contributed by atoms with E-state index in [1.165, 1.54) is 10.9 Å². The molecule has 1 atom stereocenters. The third-order valence-corrected chi connectivity index (χ3v) is 3.62. The molecule has 1 saturated heterocycles. The molecular weight excluding hydrogens is 236 g/mol. The van der Waals surface area contributed by atoms with Crippen LogP contribution in [-0.4, -0.2) is 35.6 Å². The number of rotatable bonds is 2. The maximum atomic E-state index is 9.21. The van der Waals surface area contributed by atoms with Gasteiger partial charge in [-0.25, -0.2) is 0 Å². The summed E-state index contributed by atoms with van der Waals surface area (Å²) in [7, 11) is 0. The van der Waals surface area contributed by atoms with Crippen molar-refractivity contribution in [1.82, 2.24) is 15.2 Å². The quantitative estimate of drug-likeness (QED) is 0.880. The molecule has 0 amide bonds. The summed E-state index contributed by atoms with van der Waals surface area (Å²) in [5.74, 6) is 0. The number of aromatic nitrogens is 1. The Labute approximate surface area is 112 Å². The van der Waals surface area contributed by atoms with Crippen LogP contribution in [0.3, 0.4) is 0 Å². The average Bonchev–Trinajstić information content (AvgIpc) is 2.48. The van der Waals surface area contributed by atoms with E-state index >= 15 is 0 Å². The van der Waals surface area contributed by atoms with Crippen LogP contribution >= 0.6 is 0 Å². The zero-order valence-electron chi connectivity index (χ0n) is 10.7. The van der Waals surface area contributed by atoms with Crippen molar-refractivity contribution in [3.63, 3.8) is 0 Å². The number of piperazine rings is 1. The van der Waals surface area contributed by atoms with Crippen molar-refractivity contribution in [2.24, 2.45) is 0 Å². The number of fused-ring (bicyclic) bond motifs is 1. The first-order chi connectivity index (χ1) is 9.38. The van der Waals surface area contributed by atoms with E-state index in [0.29, 0.717) is 0 Å². The number of pyridine rings is 1. The Kier molecular flexibility index (Phi) is 3.41. The number of hydrogen-bond acceptors (Lipinski definition) is 4. The van der Waals surface area contributed by atoms with Crippen LogP contribution in [0.1, 0.15) is 5.56 Å². The van der Waals surface area contributed by atoms with E-state index in [-0.39, 0.29) is 6.04 Å². The van der Waals surface area contributed by atoms with Crippen molar-refractivity contribution in [1.29, 1.82) is 5.26 Å². The Balaban J connectivity index is 1.91. The topological polar surface area (TPSA) is 52.0 Å². The number of nitrogens with zero attached hydrogens (tertiary/aromatic N) is 3. The molecule has 1 fully saturated rings. The Morgan fingerprint density at radius 2 is 2.26 bits per heavy atom. The van der Waals surface area contributed by atoms with Crippen LogP contribution in [0.15, 0.2) is 36.5 Å². The maximum absolute atomic E-state index is 9.21. The lowest BCUT2D eigenvalue weighted by molar-refractivity contribution is 0.190. The predicted molar refractivity (Wildman–Crippen MR) is 74.4 cm³/mol. The number of para-hydroxylation sites is 1. The number of benzene rings is 1. The van der Waals surface area contributed by atoms with Gasteiger partial charge in [0.25, 0.3) is 0 Å². The molecular formula is C15H16N4. The van der Waals surface area contributed by atoms with Crippen molar-refractivity contribution >= 4 is 10.9 Å². The van der Waals surface area contributed by atoms with Gasteiger partial charge in [0.15, 0.2) is 0 Å². The standard InChI is InChI=1S/C15H16N4/c16-9-13-10-17-7-8-19(13)11-12-5-6-18-15-4-2-1-3-14(12)15/h1-6,13,17H,7-8,10-11H2. The number of nitriles is 1. The largest absolute Gasteiger partial charge is 0.313 e. The summed E-state index contributed by atoms with van der Waals surface area (Å²) in [5.41, 5.74) is 2.26. The van der Waals surface area contributed by atoms with Crippen LogP contribution in [0.5, 0.6) is 0 Å². The second-order valence-corrected chi connectivity index (χ2v) is 4.81. The highest BCUT2D eigenvalue weighted by Crippen LogP contribution is 2.19. The highest BCUT2D eigenvalue weighted by Gasteiger charge is 2.22. The molecule has 0 spiro atoms. The van der Waals surface area contributed by atoms with Crippen LogP contribution in [0.2, 0.25) is 0 Å². The first-order valence-electron chi connectivity index (χ1n) is 6.55. The van der Waals surface area contributed by atoms with Gasteiger partial charge in [0.05, 0.1) is 11.6 Å². The molecule has 96 valence electrons. The summed E-state index contributed by atoms with van der Waals surface area (Å²) in [6.07, 6.45) is 1.85. The minimum absolute atomic E-state index is 0.0410. The molecule has 1 aromatic carbocycles. The summed E-state index contributed by atoms with van der Waals surface area (Å²) in [6, 6.07) is 12.5. The Morgan fingerprint density at radius 1 is 1.37 bits per heavy atom. The molecule has 0 bridgehead atoms. The zero-order chi connectivity index (χ0) is 13.1. The molecule has 0 radical (unpaired) electrons. The van der Waals surface area contributed by atoms with Crippen molar-refractivity contribution in [3.8, 4) is 6.07 Å². The number of nitrogens with one attached hydrogen (secondary N) is 1. The Hall–Kier alpha value is -1.96. The first-order valence-corrected chi connectivity index (χ1v) is 6.55. The minimum Gasteiger partial charge on any atom is -0.313 e. The van der Waals surface area contributed by atoms with Crippen LogP contribution in [0.4, 0.5) is 0 Å². The van der Waals surface area contributed by atoms with Gasteiger partial charge in [-0.3, -0.25) is 9.88 Å². The summed E-state index contributed by atoms with van der Waals surface area (Å²) in [6.45, 7) is 3.42. The van der Waals surface area contributed by atoms with E-state index in [1.807, 2.05) is 24.4 Å². The molecule has 0 aliphatic carbocycles. The highest BCUT2D eigenvalue weighted by atomic mass is 15.2. The summed E-state index contributed by atoms with van der Waals surface area (Å²) < 4.78 is 0. The molecule has 2 aromatic rings. The number of hydrogen-bond donors (Lipinski definition) is 1. The third kappa shape index (κ3) is 2.43. The van der Waals surface area contributed by atoms with E-state index < -0.39 is 0 Å². The van der Waals surface area contributed by atoms with Crippen molar-refractivity contribution in [2.45, 2.75) is 12.6 Å². The van der Waals surface area contributed by atoms with Gasteiger partial charge in [0.1, 0.15) is 6.04 Å². The molecule has 2 heterocycles. The molecule has 0 saturated carbocycles. The zero-order valence-corrected chi connectivity index (χ0v) is 10.7. The fraction of sp³-hybridized carbons (Fsp3) is 0.333. The van der Waals surface area contributed by atoms with Gasteiger partial charge >= 0.3 is 0 Å². The molecule has 1 N–H and O–H groups in total. The van der Waals surface area contributed by atoms with Gasteiger partial charge in [0, 0.05) is 37.8 Å².